The summed E-state index contributed by atoms with van der Waals surface area (Å²) in [6.45, 7) is 3.03. The molecule has 1 atom stereocenters. The van der Waals surface area contributed by atoms with Crippen molar-refractivity contribution in [3.63, 3.8) is 0 Å². The molecule has 0 unspecified atom stereocenters. The molecule has 1 aromatic carbocycles. The highest BCUT2D eigenvalue weighted by atomic mass is 16.3. The van der Waals surface area contributed by atoms with Crippen LogP contribution in [-0.4, -0.2) is 37.2 Å². The lowest BCUT2D eigenvalue weighted by Gasteiger charge is -2.17. The van der Waals surface area contributed by atoms with E-state index in [1.54, 1.807) is 13.0 Å². The number of amides is 1. The van der Waals surface area contributed by atoms with Gasteiger partial charge in [0.25, 0.3) is 0 Å². The first-order valence-corrected chi connectivity index (χ1v) is 7.74. The number of carbonyl (C=O) groups is 2. The summed E-state index contributed by atoms with van der Waals surface area (Å²) in [4.78, 5) is 46.9. The minimum absolute atomic E-state index is 0.0886. The average Bonchev–Trinajstić information content (AvgIpc) is 2.82. The molecule has 1 heterocycles. The topological polar surface area (TPSA) is 126 Å². The van der Waals surface area contributed by atoms with E-state index in [4.69, 9.17) is 0 Å². The Labute approximate surface area is 142 Å². The molecule has 0 aliphatic heterocycles. The molecular formula is C16H20N4O5. The highest BCUT2D eigenvalue weighted by Gasteiger charge is 2.19. The van der Waals surface area contributed by atoms with E-state index in [-0.39, 0.29) is 36.0 Å². The van der Waals surface area contributed by atoms with E-state index in [0.29, 0.717) is 5.56 Å². The van der Waals surface area contributed by atoms with Gasteiger partial charge < -0.3 is 10.4 Å². The summed E-state index contributed by atoms with van der Waals surface area (Å²) in [7, 11) is 1.31. The molecule has 2 aromatic rings. The number of benzene rings is 1. The highest BCUT2D eigenvalue weighted by molar-refractivity contribution is 5.88. The Morgan fingerprint density at radius 1 is 1.32 bits per heavy atom. The first-order chi connectivity index (χ1) is 11.7. The monoisotopic (exact) mass is 348 g/mol. The van der Waals surface area contributed by atoms with Gasteiger partial charge in [0.1, 0.15) is 11.4 Å². The second-order valence-corrected chi connectivity index (χ2v) is 5.69. The van der Waals surface area contributed by atoms with Gasteiger partial charge in [-0.15, -0.1) is 0 Å². The lowest BCUT2D eigenvalue weighted by Crippen LogP contribution is -2.41. The van der Waals surface area contributed by atoms with E-state index in [0.717, 1.165) is 9.25 Å². The fourth-order valence-electron chi connectivity index (χ4n) is 2.47. The molecular weight excluding hydrogens is 328 g/mol. The summed E-state index contributed by atoms with van der Waals surface area (Å²) in [6, 6.07) is 3.74. The molecule has 0 saturated heterocycles. The number of phenolic OH excluding ortho intramolecular Hbond substituents is 1. The second-order valence-electron chi connectivity index (χ2n) is 5.69. The van der Waals surface area contributed by atoms with E-state index in [9.17, 15) is 24.3 Å². The Morgan fingerprint density at radius 3 is 2.52 bits per heavy atom. The van der Waals surface area contributed by atoms with Crippen molar-refractivity contribution in [2.75, 3.05) is 0 Å². The van der Waals surface area contributed by atoms with Crippen molar-refractivity contribution in [1.82, 2.24) is 19.7 Å². The Bertz CT molecular complexity index is 921. The third kappa shape index (κ3) is 3.87. The Morgan fingerprint density at radius 2 is 2.00 bits per heavy atom. The predicted molar refractivity (Wildman–Crippen MR) is 89.9 cm³/mol. The van der Waals surface area contributed by atoms with Gasteiger partial charge in [-0.25, -0.2) is 19.3 Å². The van der Waals surface area contributed by atoms with E-state index >= 15 is 0 Å². The van der Waals surface area contributed by atoms with Crippen LogP contribution in [0, 0.1) is 0 Å². The number of hydrogen-bond acceptors (Lipinski definition) is 5. The molecule has 1 amide bonds. The number of aromatic nitrogens is 3. The molecule has 3 N–H and O–H groups in total. The molecule has 1 aromatic heterocycles. The van der Waals surface area contributed by atoms with Crippen LogP contribution < -0.4 is 16.7 Å². The molecule has 0 aliphatic carbocycles. The summed E-state index contributed by atoms with van der Waals surface area (Å²) in [5.74, 6) is -0.657. The van der Waals surface area contributed by atoms with Gasteiger partial charge in [0.2, 0.25) is 5.91 Å². The van der Waals surface area contributed by atoms with Crippen LogP contribution in [0.4, 0.5) is 0 Å². The van der Waals surface area contributed by atoms with Gasteiger partial charge >= 0.3 is 11.4 Å². The number of ketones is 1. The maximum absolute atomic E-state index is 12.0. The van der Waals surface area contributed by atoms with Crippen molar-refractivity contribution in [2.24, 2.45) is 7.05 Å². The Kier molecular flexibility index (Phi) is 5.26. The zero-order chi connectivity index (χ0) is 18.7. The number of carbonyl (C=O) groups excluding carboxylic acids is 2. The summed E-state index contributed by atoms with van der Waals surface area (Å²) >= 11 is 0. The van der Waals surface area contributed by atoms with Gasteiger partial charge in [-0.2, -0.15) is 4.68 Å². The largest absolute Gasteiger partial charge is 0.506 e. The summed E-state index contributed by atoms with van der Waals surface area (Å²) < 4.78 is 1.79. The molecule has 0 fully saturated rings. The fourth-order valence-corrected chi connectivity index (χ4v) is 2.47. The first-order valence-electron chi connectivity index (χ1n) is 7.74. The van der Waals surface area contributed by atoms with Gasteiger partial charge in [0.15, 0.2) is 5.78 Å². The lowest BCUT2D eigenvalue weighted by atomic mass is 10.00. The molecule has 0 spiro atoms. The third-order valence-electron chi connectivity index (χ3n) is 3.83. The maximum atomic E-state index is 12.0. The molecule has 9 nitrogen and oxygen atoms in total. The van der Waals surface area contributed by atoms with E-state index in [1.165, 1.54) is 26.1 Å². The van der Waals surface area contributed by atoms with Crippen LogP contribution in [0.5, 0.6) is 5.75 Å². The van der Waals surface area contributed by atoms with Gasteiger partial charge in [-0.3, -0.25) is 9.59 Å². The van der Waals surface area contributed by atoms with Crippen molar-refractivity contribution in [2.45, 2.75) is 32.7 Å². The lowest BCUT2D eigenvalue weighted by molar-refractivity contribution is -0.126. The van der Waals surface area contributed by atoms with Crippen molar-refractivity contribution in [3.05, 3.63) is 44.7 Å². The summed E-state index contributed by atoms with van der Waals surface area (Å²) in [5.41, 5.74) is -0.553. The van der Waals surface area contributed by atoms with Gasteiger partial charge in [0.05, 0.1) is 6.04 Å². The number of hydrogen-bond donors (Lipinski definition) is 3. The first kappa shape index (κ1) is 18.2. The van der Waals surface area contributed by atoms with Crippen LogP contribution in [0.1, 0.15) is 25.8 Å². The number of rotatable bonds is 6. The van der Waals surface area contributed by atoms with Crippen molar-refractivity contribution >= 4 is 11.7 Å². The zero-order valence-electron chi connectivity index (χ0n) is 14.2. The van der Waals surface area contributed by atoms with E-state index in [1.807, 2.05) is 0 Å². The highest BCUT2D eigenvalue weighted by Crippen LogP contribution is 2.22. The molecule has 9 heteroatoms. The van der Waals surface area contributed by atoms with E-state index < -0.39 is 17.4 Å². The number of nitrogens with zero attached hydrogens (tertiary/aromatic N) is 2. The number of phenols is 1. The van der Waals surface area contributed by atoms with Crippen LogP contribution >= 0.6 is 0 Å². The molecule has 25 heavy (non-hydrogen) atoms. The van der Waals surface area contributed by atoms with Crippen LogP contribution in [0.2, 0.25) is 0 Å². The van der Waals surface area contributed by atoms with Crippen molar-refractivity contribution < 1.29 is 14.7 Å². The molecule has 0 bridgehead atoms. The van der Waals surface area contributed by atoms with Crippen molar-refractivity contribution in [1.29, 1.82) is 0 Å². The number of Topliss-reactive ketones (excluding diaryl/α,β-unsaturated/α-hetero) is 1. The fraction of sp³-hybridized carbons (Fsp3) is 0.375. The quantitative estimate of drug-likeness (QED) is 0.654. The SMILES string of the molecule is CCC(=O)[C@H](Cc1ccc(O)c(-n2[nH]c(=O)n(C)c2=O)c1)NC(C)=O. The standard InChI is InChI=1S/C16H20N4O5/c1-4-13(22)11(17-9(2)21)7-10-5-6-14(23)12(8-10)20-16(25)19(3)15(24)18-20/h5-6,8,11,23H,4,7H2,1-3H3,(H,17,21)(H,18,24)/t11-/m0/s1. The summed E-state index contributed by atoms with van der Waals surface area (Å²) in [6.07, 6.45) is 0.465. The van der Waals surface area contributed by atoms with Crippen LogP contribution in [0.3, 0.4) is 0 Å². The normalized spacial score (nSPS) is 12.0. The van der Waals surface area contributed by atoms with Crippen LogP contribution in [0.25, 0.3) is 5.69 Å². The molecule has 2 rings (SSSR count). The van der Waals surface area contributed by atoms with Gasteiger partial charge in [-0.1, -0.05) is 13.0 Å². The van der Waals surface area contributed by atoms with Crippen LogP contribution in [0.15, 0.2) is 27.8 Å². The number of H-pyrrole nitrogens is 1. The molecule has 0 radical (unpaired) electrons. The van der Waals surface area contributed by atoms with Gasteiger partial charge in [0, 0.05) is 20.4 Å². The molecule has 134 valence electrons. The molecule has 0 saturated carbocycles. The molecule has 0 aliphatic rings. The average molecular weight is 348 g/mol. The minimum Gasteiger partial charge on any atom is -0.506 e. The maximum Gasteiger partial charge on any atom is 0.351 e. The predicted octanol–water partition coefficient (Wildman–Crippen LogP) is -0.404. The smallest absolute Gasteiger partial charge is 0.351 e. The third-order valence-corrected chi connectivity index (χ3v) is 3.83. The van der Waals surface area contributed by atoms with Gasteiger partial charge in [-0.05, 0) is 24.1 Å². The number of aromatic hydroxyl groups is 1. The zero-order valence-corrected chi connectivity index (χ0v) is 14.2. The summed E-state index contributed by atoms with van der Waals surface area (Å²) in [5, 5.41) is 14.9. The number of nitrogens with one attached hydrogen (secondary N) is 2. The van der Waals surface area contributed by atoms with E-state index in [2.05, 4.69) is 10.4 Å². The van der Waals surface area contributed by atoms with Crippen molar-refractivity contribution in [3.8, 4) is 11.4 Å². The van der Waals surface area contributed by atoms with Crippen LogP contribution in [-0.2, 0) is 23.1 Å². The minimum atomic E-state index is -0.702. The number of aromatic amines is 1. The Hall–Kier alpha value is -3.10. The second kappa shape index (κ2) is 7.20. The Balaban J connectivity index is 2.42.